The zero-order valence-corrected chi connectivity index (χ0v) is 12.8. The zero-order valence-electron chi connectivity index (χ0n) is 12.8. The highest BCUT2D eigenvalue weighted by Crippen LogP contribution is 2.36. The average molecular weight is 287 g/mol. The molecule has 1 aliphatic carbocycles. The molecule has 2 aromatic carbocycles. The van der Waals surface area contributed by atoms with Gasteiger partial charge >= 0.3 is 0 Å². The molecule has 0 atom stereocenters. The Kier molecular flexibility index (Phi) is 4.39. The van der Waals surface area contributed by atoms with E-state index in [9.17, 15) is 0 Å². The standard InChI is InChI=1S/C21H21N/c1-2-16-3-7-18(8-4-16)20-11-13-21(14-12-20)19-9-5-17(15-22)6-10-19/h2,5-6,9-14,16,18H,1,3-4,7-8H2/t16-,18-. The number of benzene rings is 2. The fourth-order valence-corrected chi connectivity index (χ4v) is 3.37. The van der Waals surface area contributed by atoms with Crippen LogP contribution in [0.1, 0.15) is 42.7 Å². The zero-order chi connectivity index (χ0) is 15.4. The van der Waals surface area contributed by atoms with Crippen molar-refractivity contribution in [2.24, 2.45) is 5.92 Å². The van der Waals surface area contributed by atoms with E-state index in [1.54, 1.807) is 0 Å². The number of rotatable bonds is 3. The molecule has 1 heteroatoms. The van der Waals surface area contributed by atoms with Crippen LogP contribution in [0.25, 0.3) is 11.1 Å². The molecule has 2 aromatic rings. The second kappa shape index (κ2) is 6.62. The van der Waals surface area contributed by atoms with E-state index in [1.165, 1.54) is 42.4 Å². The van der Waals surface area contributed by atoms with Crippen LogP contribution in [0.4, 0.5) is 0 Å². The van der Waals surface area contributed by atoms with Crippen LogP contribution in [0.3, 0.4) is 0 Å². The van der Waals surface area contributed by atoms with Gasteiger partial charge in [0.25, 0.3) is 0 Å². The van der Waals surface area contributed by atoms with Crippen molar-refractivity contribution in [2.45, 2.75) is 31.6 Å². The van der Waals surface area contributed by atoms with E-state index in [0.717, 1.165) is 0 Å². The Morgan fingerprint density at radius 3 is 1.91 bits per heavy atom. The Labute approximate surface area is 132 Å². The highest BCUT2D eigenvalue weighted by Gasteiger charge is 2.20. The smallest absolute Gasteiger partial charge is 0.0991 e. The number of nitriles is 1. The third-order valence-electron chi connectivity index (χ3n) is 4.83. The molecule has 0 N–H and O–H groups in total. The van der Waals surface area contributed by atoms with Crippen molar-refractivity contribution in [2.75, 3.05) is 0 Å². The van der Waals surface area contributed by atoms with Crippen LogP contribution < -0.4 is 0 Å². The Morgan fingerprint density at radius 1 is 0.864 bits per heavy atom. The number of hydrogen-bond acceptors (Lipinski definition) is 1. The van der Waals surface area contributed by atoms with Gasteiger partial charge in [-0.05, 0) is 66.3 Å². The lowest BCUT2D eigenvalue weighted by Gasteiger charge is -2.27. The molecule has 1 aliphatic rings. The lowest BCUT2D eigenvalue weighted by atomic mass is 9.78. The van der Waals surface area contributed by atoms with Gasteiger partial charge in [-0.15, -0.1) is 6.58 Å². The third kappa shape index (κ3) is 3.12. The quantitative estimate of drug-likeness (QED) is 0.666. The van der Waals surface area contributed by atoms with Crippen LogP contribution in [0.15, 0.2) is 61.2 Å². The predicted molar refractivity (Wildman–Crippen MR) is 91.5 cm³/mol. The van der Waals surface area contributed by atoms with E-state index in [-0.39, 0.29) is 0 Å². The first-order valence-corrected chi connectivity index (χ1v) is 8.03. The van der Waals surface area contributed by atoms with Crippen LogP contribution in [0, 0.1) is 17.2 Å². The van der Waals surface area contributed by atoms with Gasteiger partial charge in [0.15, 0.2) is 0 Å². The van der Waals surface area contributed by atoms with Crippen LogP contribution >= 0.6 is 0 Å². The summed E-state index contributed by atoms with van der Waals surface area (Å²) in [6, 6.07) is 18.9. The topological polar surface area (TPSA) is 23.8 Å². The van der Waals surface area contributed by atoms with Gasteiger partial charge in [0.2, 0.25) is 0 Å². The SMILES string of the molecule is C=C[C@H]1CC[C@H](c2ccc(-c3ccc(C#N)cc3)cc2)CC1. The normalized spacial score (nSPS) is 21.0. The van der Waals surface area contributed by atoms with Gasteiger partial charge in [0.05, 0.1) is 11.6 Å². The second-order valence-electron chi connectivity index (χ2n) is 6.16. The highest BCUT2D eigenvalue weighted by atomic mass is 14.3. The Morgan fingerprint density at radius 2 is 1.41 bits per heavy atom. The summed E-state index contributed by atoms with van der Waals surface area (Å²) in [6.45, 7) is 3.92. The fraction of sp³-hybridized carbons (Fsp3) is 0.286. The van der Waals surface area contributed by atoms with Crippen LogP contribution in [-0.4, -0.2) is 0 Å². The van der Waals surface area contributed by atoms with Crippen LogP contribution in [-0.2, 0) is 0 Å². The van der Waals surface area contributed by atoms with Crippen molar-refractivity contribution >= 4 is 0 Å². The van der Waals surface area contributed by atoms with Crippen molar-refractivity contribution < 1.29 is 0 Å². The maximum absolute atomic E-state index is 8.86. The van der Waals surface area contributed by atoms with E-state index in [2.05, 4.69) is 43.0 Å². The van der Waals surface area contributed by atoms with Gasteiger partial charge in [0.1, 0.15) is 0 Å². The van der Waals surface area contributed by atoms with Gasteiger partial charge in [-0.1, -0.05) is 42.5 Å². The minimum atomic E-state index is 0.700. The minimum absolute atomic E-state index is 0.700. The highest BCUT2D eigenvalue weighted by molar-refractivity contribution is 5.64. The molecule has 1 nitrogen and oxygen atoms in total. The molecule has 1 saturated carbocycles. The molecule has 0 saturated heterocycles. The number of nitrogens with zero attached hydrogens (tertiary/aromatic N) is 1. The van der Waals surface area contributed by atoms with Crippen molar-refractivity contribution in [3.63, 3.8) is 0 Å². The maximum atomic E-state index is 8.86. The van der Waals surface area contributed by atoms with Crippen molar-refractivity contribution in [3.05, 3.63) is 72.3 Å². The number of hydrogen-bond donors (Lipinski definition) is 0. The first-order valence-electron chi connectivity index (χ1n) is 8.03. The van der Waals surface area contributed by atoms with E-state index in [4.69, 9.17) is 5.26 Å². The second-order valence-corrected chi connectivity index (χ2v) is 6.16. The molecule has 0 aliphatic heterocycles. The molecule has 0 unspecified atom stereocenters. The summed E-state index contributed by atoms with van der Waals surface area (Å²) in [5.74, 6) is 1.42. The van der Waals surface area contributed by atoms with E-state index >= 15 is 0 Å². The maximum Gasteiger partial charge on any atom is 0.0991 e. The summed E-state index contributed by atoms with van der Waals surface area (Å²) in [7, 11) is 0. The van der Waals surface area contributed by atoms with Crippen LogP contribution in [0.5, 0.6) is 0 Å². The monoisotopic (exact) mass is 287 g/mol. The van der Waals surface area contributed by atoms with Gasteiger partial charge in [0, 0.05) is 0 Å². The molecule has 110 valence electrons. The molecule has 0 heterocycles. The van der Waals surface area contributed by atoms with E-state index < -0.39 is 0 Å². The molecular weight excluding hydrogens is 266 g/mol. The Balaban J connectivity index is 1.72. The molecule has 0 radical (unpaired) electrons. The van der Waals surface area contributed by atoms with Crippen molar-refractivity contribution in [1.82, 2.24) is 0 Å². The summed E-state index contributed by atoms with van der Waals surface area (Å²) in [5, 5.41) is 8.86. The number of allylic oxidation sites excluding steroid dienone is 1. The first kappa shape index (κ1) is 14.6. The Hall–Kier alpha value is -2.33. The van der Waals surface area contributed by atoms with Gasteiger partial charge < -0.3 is 0 Å². The summed E-state index contributed by atoms with van der Waals surface area (Å²) in [5.41, 5.74) is 4.55. The van der Waals surface area contributed by atoms with Gasteiger partial charge in [-0.3, -0.25) is 0 Å². The largest absolute Gasteiger partial charge is 0.192 e. The lowest BCUT2D eigenvalue weighted by molar-refractivity contribution is 0.376. The van der Waals surface area contributed by atoms with E-state index in [1.807, 2.05) is 24.3 Å². The van der Waals surface area contributed by atoms with Crippen LogP contribution in [0.2, 0.25) is 0 Å². The minimum Gasteiger partial charge on any atom is -0.192 e. The van der Waals surface area contributed by atoms with Crippen molar-refractivity contribution in [1.29, 1.82) is 5.26 Å². The van der Waals surface area contributed by atoms with Crippen molar-refractivity contribution in [3.8, 4) is 17.2 Å². The summed E-state index contributed by atoms with van der Waals surface area (Å²) in [6.07, 6.45) is 7.20. The van der Waals surface area contributed by atoms with E-state index in [0.29, 0.717) is 17.4 Å². The summed E-state index contributed by atoms with van der Waals surface area (Å²) >= 11 is 0. The summed E-state index contributed by atoms with van der Waals surface area (Å²) < 4.78 is 0. The van der Waals surface area contributed by atoms with Gasteiger partial charge in [-0.25, -0.2) is 0 Å². The third-order valence-corrected chi connectivity index (χ3v) is 4.83. The molecule has 0 spiro atoms. The lowest BCUT2D eigenvalue weighted by Crippen LogP contribution is -2.11. The fourth-order valence-electron chi connectivity index (χ4n) is 3.37. The first-order chi connectivity index (χ1) is 10.8. The molecule has 1 fully saturated rings. The Bertz CT molecular complexity index is 665. The molecule has 0 aromatic heterocycles. The summed E-state index contributed by atoms with van der Waals surface area (Å²) in [4.78, 5) is 0. The molecule has 0 amide bonds. The van der Waals surface area contributed by atoms with Gasteiger partial charge in [-0.2, -0.15) is 5.26 Å². The molecular formula is C21H21N. The molecule has 22 heavy (non-hydrogen) atoms. The predicted octanol–water partition coefficient (Wildman–Crippen LogP) is 5.69. The average Bonchev–Trinajstić information content (AvgIpc) is 2.62. The molecule has 3 rings (SSSR count). The molecule has 0 bridgehead atoms.